The van der Waals surface area contributed by atoms with Crippen molar-refractivity contribution in [2.24, 2.45) is 0 Å². The van der Waals surface area contributed by atoms with Crippen molar-refractivity contribution < 1.29 is 4.74 Å². The lowest BCUT2D eigenvalue weighted by Gasteiger charge is -2.36. The van der Waals surface area contributed by atoms with Gasteiger partial charge in [0.1, 0.15) is 0 Å². The molecule has 0 aliphatic carbocycles. The average molecular weight is 278 g/mol. The van der Waals surface area contributed by atoms with E-state index in [0.717, 1.165) is 39.3 Å². The number of hydrogen-bond donors (Lipinski definition) is 1. The van der Waals surface area contributed by atoms with Crippen LogP contribution in [0, 0.1) is 0 Å². The highest BCUT2D eigenvalue weighted by Crippen LogP contribution is 2.32. The number of rotatable bonds is 3. The molecule has 3 heterocycles. The number of morpholine rings is 1. The van der Waals surface area contributed by atoms with Crippen LogP contribution in [0.3, 0.4) is 0 Å². The molecule has 20 heavy (non-hydrogen) atoms. The molecule has 3 rings (SSSR count). The van der Waals surface area contributed by atoms with Crippen LogP contribution in [0.15, 0.2) is 12.5 Å². The van der Waals surface area contributed by atoms with Gasteiger partial charge in [-0.2, -0.15) is 0 Å². The lowest BCUT2D eigenvalue weighted by atomic mass is 9.78. The molecular formula is C15H26N4O. The molecule has 112 valence electrons. The molecule has 0 bridgehead atoms. The van der Waals surface area contributed by atoms with Gasteiger partial charge in [0.25, 0.3) is 0 Å². The minimum Gasteiger partial charge on any atom is -0.374 e. The molecule has 1 aromatic heterocycles. The fourth-order valence-electron chi connectivity index (χ4n) is 3.40. The van der Waals surface area contributed by atoms with Crippen molar-refractivity contribution >= 4 is 0 Å². The monoisotopic (exact) mass is 278 g/mol. The first-order valence-electron chi connectivity index (χ1n) is 7.69. The molecule has 0 aromatic carbocycles. The van der Waals surface area contributed by atoms with Crippen LogP contribution < -0.4 is 5.32 Å². The minimum atomic E-state index is 0.252. The summed E-state index contributed by atoms with van der Waals surface area (Å²) in [6.45, 7) is 8.38. The van der Waals surface area contributed by atoms with Gasteiger partial charge in [0.05, 0.1) is 25.6 Å². The van der Waals surface area contributed by atoms with E-state index in [2.05, 4.69) is 39.9 Å². The highest BCUT2D eigenvalue weighted by molar-refractivity contribution is 5.15. The summed E-state index contributed by atoms with van der Waals surface area (Å²) in [5.74, 6) is 0. The highest BCUT2D eigenvalue weighted by Gasteiger charge is 2.32. The second-order valence-corrected chi connectivity index (χ2v) is 6.50. The molecular weight excluding hydrogens is 252 g/mol. The number of ether oxygens (including phenoxy) is 1. The first kappa shape index (κ1) is 14.0. The number of nitrogens with zero attached hydrogens (tertiary/aromatic N) is 3. The van der Waals surface area contributed by atoms with Crippen LogP contribution in [0.1, 0.15) is 25.5 Å². The summed E-state index contributed by atoms with van der Waals surface area (Å²) in [5.41, 5.74) is 1.62. The number of imidazole rings is 1. The Hall–Kier alpha value is -0.910. The third kappa shape index (κ3) is 2.90. The summed E-state index contributed by atoms with van der Waals surface area (Å²) in [6.07, 6.45) is 6.68. The molecule has 1 atom stereocenters. The summed E-state index contributed by atoms with van der Waals surface area (Å²) in [6, 6.07) is 0. The van der Waals surface area contributed by atoms with E-state index in [1.54, 1.807) is 0 Å². The average Bonchev–Trinajstić information content (AvgIpc) is 2.88. The third-order valence-corrected chi connectivity index (χ3v) is 4.78. The van der Waals surface area contributed by atoms with Crippen LogP contribution in [0.5, 0.6) is 0 Å². The fraction of sp³-hybridized carbons (Fsp3) is 0.800. The predicted octanol–water partition coefficient (Wildman–Crippen LogP) is 0.855. The molecule has 2 fully saturated rings. The van der Waals surface area contributed by atoms with E-state index in [-0.39, 0.29) is 11.5 Å². The first-order chi connectivity index (χ1) is 9.67. The maximum absolute atomic E-state index is 5.89. The summed E-state index contributed by atoms with van der Waals surface area (Å²) >= 11 is 0. The van der Waals surface area contributed by atoms with Crippen LogP contribution in [0.4, 0.5) is 0 Å². The molecule has 2 aliphatic heterocycles. The van der Waals surface area contributed by atoms with Crippen molar-refractivity contribution in [1.29, 1.82) is 0 Å². The lowest BCUT2D eigenvalue weighted by molar-refractivity contribution is -0.0281. The van der Waals surface area contributed by atoms with Crippen LogP contribution >= 0.6 is 0 Å². The number of hydrogen-bond acceptors (Lipinski definition) is 4. The number of aromatic nitrogens is 2. The highest BCUT2D eigenvalue weighted by atomic mass is 16.5. The molecule has 0 amide bonds. The second-order valence-electron chi connectivity index (χ2n) is 6.50. The molecule has 2 saturated heterocycles. The van der Waals surface area contributed by atoms with Gasteiger partial charge in [-0.3, -0.25) is 0 Å². The van der Waals surface area contributed by atoms with Gasteiger partial charge in [0.2, 0.25) is 0 Å². The number of likely N-dealkylation sites (N-methyl/N-ethyl adjacent to an activating group) is 1. The third-order valence-electron chi connectivity index (χ3n) is 4.78. The lowest BCUT2D eigenvalue weighted by Crippen LogP contribution is -2.43. The SMILES string of the molecule is CN1CCOC(Cn2cncc2C2(C)CCNCC2)C1. The molecule has 1 unspecified atom stereocenters. The smallest absolute Gasteiger partial charge is 0.0949 e. The molecule has 5 nitrogen and oxygen atoms in total. The van der Waals surface area contributed by atoms with Crippen LogP contribution in [-0.2, 0) is 16.7 Å². The molecule has 0 spiro atoms. The van der Waals surface area contributed by atoms with Crippen molar-refractivity contribution in [3.8, 4) is 0 Å². The minimum absolute atomic E-state index is 0.252. The van der Waals surface area contributed by atoms with E-state index >= 15 is 0 Å². The van der Waals surface area contributed by atoms with Gasteiger partial charge >= 0.3 is 0 Å². The van der Waals surface area contributed by atoms with E-state index < -0.39 is 0 Å². The van der Waals surface area contributed by atoms with Crippen molar-refractivity contribution in [3.63, 3.8) is 0 Å². The van der Waals surface area contributed by atoms with E-state index in [1.807, 2.05) is 6.33 Å². The van der Waals surface area contributed by atoms with Gasteiger partial charge in [-0.15, -0.1) is 0 Å². The maximum atomic E-state index is 5.89. The quantitative estimate of drug-likeness (QED) is 0.890. The Bertz CT molecular complexity index is 439. The van der Waals surface area contributed by atoms with Gasteiger partial charge < -0.3 is 19.5 Å². The first-order valence-corrected chi connectivity index (χ1v) is 7.69. The van der Waals surface area contributed by atoms with Crippen LogP contribution in [0.25, 0.3) is 0 Å². The molecule has 1 aromatic rings. The van der Waals surface area contributed by atoms with E-state index in [0.29, 0.717) is 0 Å². The van der Waals surface area contributed by atoms with Crippen molar-refractivity contribution in [2.45, 2.75) is 37.8 Å². The summed E-state index contributed by atoms with van der Waals surface area (Å²) in [4.78, 5) is 6.74. The Morgan fingerprint density at radius 2 is 2.25 bits per heavy atom. The standard InChI is InChI=1S/C15H26N4O/c1-15(3-5-16-6-4-15)14-9-17-12-19(14)11-13-10-18(2)7-8-20-13/h9,12-13,16H,3-8,10-11H2,1-2H3. The molecule has 2 aliphatic rings. The Morgan fingerprint density at radius 3 is 3.00 bits per heavy atom. The van der Waals surface area contributed by atoms with Gasteiger partial charge in [0.15, 0.2) is 0 Å². The molecule has 5 heteroatoms. The normalized spacial score (nSPS) is 27.6. The van der Waals surface area contributed by atoms with Gasteiger partial charge in [0, 0.05) is 30.4 Å². The van der Waals surface area contributed by atoms with Crippen LogP contribution in [-0.4, -0.2) is 60.4 Å². The Morgan fingerprint density at radius 1 is 1.45 bits per heavy atom. The zero-order valence-corrected chi connectivity index (χ0v) is 12.6. The largest absolute Gasteiger partial charge is 0.374 e. The van der Waals surface area contributed by atoms with E-state index in [4.69, 9.17) is 4.74 Å². The van der Waals surface area contributed by atoms with Crippen LogP contribution in [0.2, 0.25) is 0 Å². The van der Waals surface area contributed by atoms with Crippen molar-refractivity contribution in [1.82, 2.24) is 19.8 Å². The zero-order chi connectivity index (χ0) is 14.0. The maximum Gasteiger partial charge on any atom is 0.0949 e. The number of piperidine rings is 1. The summed E-state index contributed by atoms with van der Waals surface area (Å²) < 4.78 is 8.21. The Balaban J connectivity index is 1.72. The van der Waals surface area contributed by atoms with E-state index in [9.17, 15) is 0 Å². The van der Waals surface area contributed by atoms with Gasteiger partial charge in [-0.1, -0.05) is 6.92 Å². The van der Waals surface area contributed by atoms with E-state index in [1.165, 1.54) is 18.5 Å². The molecule has 0 radical (unpaired) electrons. The molecule has 0 saturated carbocycles. The summed E-state index contributed by atoms with van der Waals surface area (Å²) in [7, 11) is 2.17. The second kappa shape index (κ2) is 5.84. The van der Waals surface area contributed by atoms with Gasteiger partial charge in [-0.05, 0) is 33.0 Å². The topological polar surface area (TPSA) is 42.3 Å². The molecule has 1 N–H and O–H groups in total. The Kier molecular flexibility index (Phi) is 4.10. The zero-order valence-electron chi connectivity index (χ0n) is 12.6. The Labute approximate surface area is 121 Å². The predicted molar refractivity (Wildman–Crippen MR) is 78.9 cm³/mol. The fourth-order valence-corrected chi connectivity index (χ4v) is 3.40. The van der Waals surface area contributed by atoms with Gasteiger partial charge in [-0.25, -0.2) is 4.98 Å². The number of nitrogens with one attached hydrogen (secondary N) is 1. The van der Waals surface area contributed by atoms with Crippen molar-refractivity contribution in [3.05, 3.63) is 18.2 Å². The summed E-state index contributed by atoms with van der Waals surface area (Å²) in [5, 5.41) is 3.45. The van der Waals surface area contributed by atoms with Crippen molar-refractivity contribution in [2.75, 3.05) is 39.8 Å².